The van der Waals surface area contributed by atoms with Crippen LogP contribution in [-0.4, -0.2) is 51.4 Å². The maximum Gasteiger partial charge on any atom is 0.231 e. The fourth-order valence-corrected chi connectivity index (χ4v) is 6.03. The van der Waals surface area contributed by atoms with Crippen LogP contribution in [0.1, 0.15) is 33.7 Å². The Morgan fingerprint density at radius 2 is 1.68 bits per heavy atom. The highest BCUT2D eigenvalue weighted by molar-refractivity contribution is 7.85. The molecule has 7 nitrogen and oxygen atoms in total. The third-order valence-electron chi connectivity index (χ3n) is 7.19. The number of hydrogen-bond donors (Lipinski definition) is 2. The maximum absolute atomic E-state index is 13.4. The Labute approximate surface area is 221 Å². The lowest BCUT2D eigenvalue weighted by atomic mass is 9.87. The standard InChI is InChI=1S/C29H30O6S.H2O.2H2/c1-28(16-30,17-31)18-36(33)24-8-5-21(6-9-24)22-4-2-3-20(13-22)14-27(32)29(11-12-29)23-7-10-25-26(15-23)35-19-34-25;;;/h2-10,13,15,30-31H,11-12,14,16-19H2,1H3;1H2;2*1H. The van der Waals surface area contributed by atoms with Crippen LogP contribution in [0.2, 0.25) is 0 Å². The molecule has 1 unspecified atom stereocenters. The predicted molar refractivity (Wildman–Crippen MR) is 145 cm³/mol. The Hall–Kier alpha value is -3.04. The topological polar surface area (TPSA) is 125 Å². The van der Waals surface area contributed by atoms with E-state index in [1.54, 1.807) is 6.92 Å². The molecule has 1 fully saturated rings. The minimum atomic E-state index is -1.33. The van der Waals surface area contributed by atoms with Gasteiger partial charge in [-0.15, -0.1) is 0 Å². The van der Waals surface area contributed by atoms with Gasteiger partial charge in [0, 0.05) is 25.3 Å². The summed E-state index contributed by atoms with van der Waals surface area (Å²) in [4.78, 5) is 14.0. The van der Waals surface area contributed by atoms with Gasteiger partial charge in [0.05, 0.1) is 29.4 Å². The van der Waals surface area contributed by atoms with Crippen molar-refractivity contribution in [3.63, 3.8) is 0 Å². The van der Waals surface area contributed by atoms with Gasteiger partial charge in [0.2, 0.25) is 6.79 Å². The molecule has 3 aromatic rings. The summed E-state index contributed by atoms with van der Waals surface area (Å²) in [6, 6.07) is 21.2. The molecule has 1 aliphatic heterocycles. The van der Waals surface area contributed by atoms with Crippen LogP contribution in [0, 0.1) is 5.41 Å². The molecule has 200 valence electrons. The van der Waals surface area contributed by atoms with Gasteiger partial charge in [-0.2, -0.15) is 0 Å². The lowest BCUT2D eigenvalue weighted by Crippen LogP contribution is -2.32. The first-order chi connectivity index (χ1) is 17.4. The number of hydrogen-bond acceptors (Lipinski definition) is 6. The average Bonchev–Trinajstić information content (AvgIpc) is 3.59. The zero-order valence-corrected chi connectivity index (χ0v) is 21.6. The van der Waals surface area contributed by atoms with Crippen LogP contribution in [0.3, 0.4) is 0 Å². The van der Waals surface area contributed by atoms with Crippen LogP contribution >= 0.6 is 0 Å². The summed E-state index contributed by atoms with van der Waals surface area (Å²) in [5.74, 6) is 1.82. The molecule has 4 N–H and O–H groups in total. The lowest BCUT2D eigenvalue weighted by Gasteiger charge is -2.23. The minimum absolute atomic E-state index is 0. The van der Waals surface area contributed by atoms with Crippen molar-refractivity contribution in [3.8, 4) is 22.6 Å². The molecular formula is C29H36O7S. The predicted octanol–water partition coefficient (Wildman–Crippen LogP) is 3.69. The zero-order valence-electron chi connectivity index (χ0n) is 20.7. The number of ether oxygens (including phenoxy) is 2. The second kappa shape index (κ2) is 10.8. The largest absolute Gasteiger partial charge is 0.454 e. The summed E-state index contributed by atoms with van der Waals surface area (Å²) in [6.45, 7) is 1.47. The molecule has 5 rings (SSSR count). The first-order valence-electron chi connectivity index (χ1n) is 12.1. The monoisotopic (exact) mass is 528 g/mol. The van der Waals surface area contributed by atoms with Crippen molar-refractivity contribution in [2.24, 2.45) is 5.41 Å². The third-order valence-corrected chi connectivity index (χ3v) is 8.95. The van der Waals surface area contributed by atoms with Gasteiger partial charge in [0.25, 0.3) is 0 Å². The molecule has 37 heavy (non-hydrogen) atoms. The quantitative estimate of drug-likeness (QED) is 0.414. The number of benzene rings is 3. The number of fused-ring (bicyclic) bond motifs is 1. The van der Waals surface area contributed by atoms with E-state index >= 15 is 0 Å². The van der Waals surface area contributed by atoms with Gasteiger partial charge in [-0.25, -0.2) is 0 Å². The number of Topliss-reactive ketones (excluding diaryl/α,β-unsaturated/α-hetero) is 1. The molecule has 0 bridgehead atoms. The van der Waals surface area contributed by atoms with Gasteiger partial charge < -0.3 is 25.2 Å². The fourth-order valence-electron chi connectivity index (χ4n) is 4.60. The highest BCUT2D eigenvalue weighted by Crippen LogP contribution is 2.51. The summed E-state index contributed by atoms with van der Waals surface area (Å²) in [5.41, 5.74) is 2.67. The molecule has 0 aromatic heterocycles. The number of aliphatic hydroxyl groups is 2. The van der Waals surface area contributed by atoms with Gasteiger partial charge in [-0.3, -0.25) is 9.00 Å². The second-order valence-corrected chi connectivity index (χ2v) is 11.5. The average molecular weight is 529 g/mol. The first-order valence-corrected chi connectivity index (χ1v) is 13.4. The smallest absolute Gasteiger partial charge is 0.231 e. The number of carbonyl (C=O) groups excluding carboxylic acids is 1. The van der Waals surface area contributed by atoms with Gasteiger partial charge in [0.15, 0.2) is 11.5 Å². The third kappa shape index (κ3) is 5.48. The van der Waals surface area contributed by atoms with Crippen molar-refractivity contribution < 1.29 is 37.0 Å². The van der Waals surface area contributed by atoms with Crippen molar-refractivity contribution in [2.75, 3.05) is 25.8 Å². The van der Waals surface area contributed by atoms with Crippen molar-refractivity contribution in [2.45, 2.75) is 36.5 Å². The Morgan fingerprint density at radius 3 is 2.35 bits per heavy atom. The van der Waals surface area contributed by atoms with Crippen LogP contribution in [0.5, 0.6) is 11.5 Å². The zero-order chi connectivity index (χ0) is 25.3. The van der Waals surface area contributed by atoms with E-state index < -0.39 is 21.6 Å². The molecule has 8 heteroatoms. The summed E-state index contributed by atoms with van der Waals surface area (Å²) in [5, 5.41) is 19.0. The van der Waals surface area contributed by atoms with E-state index in [0.717, 1.165) is 40.8 Å². The van der Waals surface area contributed by atoms with Crippen LogP contribution < -0.4 is 9.47 Å². The summed E-state index contributed by atoms with van der Waals surface area (Å²) in [6.07, 6.45) is 2.04. The van der Waals surface area contributed by atoms with Gasteiger partial charge >= 0.3 is 0 Å². The van der Waals surface area contributed by atoms with Crippen molar-refractivity contribution in [3.05, 3.63) is 77.9 Å². The summed E-state index contributed by atoms with van der Waals surface area (Å²) >= 11 is 0. The number of carbonyl (C=O) groups is 1. The van der Waals surface area contributed by atoms with Crippen LogP contribution in [0.4, 0.5) is 0 Å². The molecule has 1 atom stereocenters. The molecule has 0 spiro atoms. The van der Waals surface area contributed by atoms with Crippen LogP contribution in [-0.2, 0) is 27.4 Å². The van der Waals surface area contributed by atoms with Crippen molar-refractivity contribution in [1.29, 1.82) is 0 Å². The Morgan fingerprint density at radius 1 is 0.973 bits per heavy atom. The molecule has 1 saturated carbocycles. The minimum Gasteiger partial charge on any atom is -0.454 e. The highest BCUT2D eigenvalue weighted by atomic mass is 32.2. The lowest BCUT2D eigenvalue weighted by molar-refractivity contribution is -0.120. The van der Waals surface area contributed by atoms with Gasteiger partial charge in [-0.1, -0.05) is 49.4 Å². The maximum atomic E-state index is 13.4. The Bertz CT molecular complexity index is 1310. The van der Waals surface area contributed by atoms with E-state index in [0.29, 0.717) is 17.1 Å². The van der Waals surface area contributed by atoms with E-state index in [4.69, 9.17) is 9.47 Å². The first kappa shape index (κ1) is 27.0. The van der Waals surface area contributed by atoms with Crippen LogP contribution in [0.25, 0.3) is 11.1 Å². The summed E-state index contributed by atoms with van der Waals surface area (Å²) < 4.78 is 23.6. The molecule has 3 aromatic carbocycles. The second-order valence-electron chi connectivity index (χ2n) is 10.1. The Kier molecular flexibility index (Phi) is 7.85. The molecular weight excluding hydrogens is 492 g/mol. The normalized spacial score (nSPS) is 16.1. The molecule has 0 amide bonds. The van der Waals surface area contributed by atoms with Gasteiger partial charge in [0.1, 0.15) is 5.78 Å². The van der Waals surface area contributed by atoms with E-state index in [2.05, 4.69) is 0 Å². The molecule has 1 aliphatic carbocycles. The van der Waals surface area contributed by atoms with E-state index in [1.807, 2.05) is 66.7 Å². The highest BCUT2D eigenvalue weighted by Gasteiger charge is 2.50. The van der Waals surface area contributed by atoms with Crippen molar-refractivity contribution >= 4 is 16.6 Å². The van der Waals surface area contributed by atoms with Crippen molar-refractivity contribution in [1.82, 2.24) is 0 Å². The summed E-state index contributed by atoms with van der Waals surface area (Å²) in [7, 11) is -1.33. The fraction of sp³-hybridized carbons (Fsp3) is 0.345. The number of aliphatic hydroxyl groups excluding tert-OH is 2. The molecule has 0 saturated heterocycles. The number of ketones is 1. The molecule has 2 aliphatic rings. The SMILES string of the molecule is CC(CO)(CO)CS(=O)c1ccc(-c2cccc(CC(=O)C3(c4ccc5c(c4)OCO5)CC3)c2)cc1.O.[HH].[HH]. The Balaban J connectivity index is 0.00000178. The van der Waals surface area contributed by atoms with E-state index in [9.17, 15) is 19.2 Å². The van der Waals surface area contributed by atoms with E-state index in [-0.39, 0.29) is 39.9 Å². The number of rotatable bonds is 10. The van der Waals surface area contributed by atoms with Crippen LogP contribution in [0.15, 0.2) is 71.6 Å². The molecule has 0 radical (unpaired) electrons. The molecule has 1 heterocycles. The van der Waals surface area contributed by atoms with E-state index in [1.165, 1.54) is 0 Å². The van der Waals surface area contributed by atoms with Gasteiger partial charge in [-0.05, 0) is 59.4 Å².